The predicted molar refractivity (Wildman–Crippen MR) is 128 cm³/mol. The van der Waals surface area contributed by atoms with E-state index in [1.807, 2.05) is 32.2 Å². The van der Waals surface area contributed by atoms with Gasteiger partial charge in [0.15, 0.2) is 0 Å². The maximum Gasteiger partial charge on any atom is 0.261 e. The summed E-state index contributed by atoms with van der Waals surface area (Å²) in [6.45, 7) is 2.93. The first-order valence-electron chi connectivity index (χ1n) is 11.1. The summed E-state index contributed by atoms with van der Waals surface area (Å²) in [5.74, 6) is 1.33. The van der Waals surface area contributed by atoms with Crippen LogP contribution < -0.4 is 10.3 Å². The van der Waals surface area contributed by atoms with Gasteiger partial charge in [-0.2, -0.15) is 4.31 Å². The van der Waals surface area contributed by atoms with E-state index in [0.29, 0.717) is 48.4 Å². The van der Waals surface area contributed by atoms with Crippen molar-refractivity contribution in [2.24, 2.45) is 7.05 Å². The minimum atomic E-state index is -3.54. The highest BCUT2D eigenvalue weighted by atomic mass is 32.2. The van der Waals surface area contributed by atoms with Crippen LogP contribution in [0.5, 0.6) is 5.75 Å². The van der Waals surface area contributed by atoms with Crippen molar-refractivity contribution in [1.29, 1.82) is 0 Å². The summed E-state index contributed by atoms with van der Waals surface area (Å²) in [5, 5.41) is 0.607. The second-order valence-electron chi connectivity index (χ2n) is 8.50. The third kappa shape index (κ3) is 4.40. The number of piperidine rings is 1. The third-order valence-corrected chi connectivity index (χ3v) is 8.61. The number of hydrogen-bond acceptors (Lipinski definition) is 6. The molecule has 0 aliphatic carbocycles. The summed E-state index contributed by atoms with van der Waals surface area (Å²) < 4.78 is 34.4. The van der Waals surface area contributed by atoms with Gasteiger partial charge in [0, 0.05) is 26.2 Å². The zero-order valence-corrected chi connectivity index (χ0v) is 20.2. The molecule has 3 aromatic rings. The fourth-order valence-electron chi connectivity index (χ4n) is 4.49. The largest absolute Gasteiger partial charge is 0.497 e. The molecule has 33 heavy (non-hydrogen) atoms. The van der Waals surface area contributed by atoms with E-state index >= 15 is 0 Å². The Morgan fingerprint density at radius 3 is 2.36 bits per heavy atom. The van der Waals surface area contributed by atoms with E-state index in [2.05, 4.69) is 4.90 Å². The standard InChI is InChI=1S/C24H30N4O4S/c1-17(23-25-22-8-6-5-7-21(22)24(29)27(23)3)26(2)18-13-15-28(16-14-18)33(30,31)20-11-9-19(32-4)10-12-20/h5-12,17-18H,13-16H2,1-4H3. The average molecular weight is 471 g/mol. The first-order valence-corrected chi connectivity index (χ1v) is 12.5. The molecule has 8 nitrogen and oxygen atoms in total. The van der Waals surface area contributed by atoms with Crippen molar-refractivity contribution < 1.29 is 13.2 Å². The lowest BCUT2D eigenvalue weighted by atomic mass is 10.0. The Hall–Kier alpha value is -2.75. The van der Waals surface area contributed by atoms with E-state index in [9.17, 15) is 13.2 Å². The fraction of sp³-hybridized carbons (Fsp3) is 0.417. The molecule has 0 radical (unpaired) electrons. The summed E-state index contributed by atoms with van der Waals surface area (Å²) in [6, 6.07) is 14.0. The van der Waals surface area contributed by atoms with Crippen LogP contribution in [0.25, 0.3) is 10.9 Å². The van der Waals surface area contributed by atoms with Crippen molar-refractivity contribution in [3.63, 3.8) is 0 Å². The van der Waals surface area contributed by atoms with E-state index in [0.717, 1.165) is 0 Å². The van der Waals surface area contributed by atoms with Gasteiger partial charge in [-0.1, -0.05) is 12.1 Å². The van der Waals surface area contributed by atoms with Crippen molar-refractivity contribution in [3.8, 4) is 5.75 Å². The van der Waals surface area contributed by atoms with E-state index in [1.54, 1.807) is 53.4 Å². The van der Waals surface area contributed by atoms with Crippen LogP contribution in [0, 0.1) is 0 Å². The predicted octanol–water partition coefficient (Wildman–Crippen LogP) is 2.79. The SMILES string of the molecule is COc1ccc(S(=O)(=O)N2CCC(N(C)C(C)c3nc4ccccc4c(=O)n3C)CC2)cc1. The lowest BCUT2D eigenvalue weighted by Crippen LogP contribution is -2.46. The Balaban J connectivity index is 1.48. The minimum Gasteiger partial charge on any atom is -0.497 e. The van der Waals surface area contributed by atoms with Gasteiger partial charge in [0.1, 0.15) is 11.6 Å². The van der Waals surface area contributed by atoms with Gasteiger partial charge in [-0.15, -0.1) is 0 Å². The Labute approximate surface area is 194 Å². The first kappa shape index (κ1) is 23.4. The molecule has 1 unspecified atom stereocenters. The molecule has 2 aromatic carbocycles. The summed E-state index contributed by atoms with van der Waals surface area (Å²) >= 11 is 0. The number of nitrogens with zero attached hydrogens (tertiary/aromatic N) is 4. The van der Waals surface area contributed by atoms with Crippen LogP contribution in [0.2, 0.25) is 0 Å². The second kappa shape index (κ2) is 9.24. The smallest absolute Gasteiger partial charge is 0.261 e. The van der Waals surface area contributed by atoms with Crippen LogP contribution in [0.3, 0.4) is 0 Å². The molecule has 1 aromatic heterocycles. The number of hydrogen-bond donors (Lipinski definition) is 0. The Morgan fingerprint density at radius 1 is 1.09 bits per heavy atom. The maximum absolute atomic E-state index is 13.0. The van der Waals surface area contributed by atoms with Crippen molar-refractivity contribution in [2.45, 2.75) is 36.7 Å². The monoisotopic (exact) mass is 470 g/mol. The zero-order valence-electron chi connectivity index (χ0n) is 19.4. The van der Waals surface area contributed by atoms with Crippen LogP contribution in [0.4, 0.5) is 0 Å². The third-order valence-electron chi connectivity index (χ3n) is 6.70. The first-order chi connectivity index (χ1) is 15.7. The highest BCUT2D eigenvalue weighted by Crippen LogP contribution is 2.28. The van der Waals surface area contributed by atoms with Gasteiger partial charge in [0.05, 0.1) is 29.0 Å². The number of ether oxygens (including phenoxy) is 1. The molecule has 1 aliphatic rings. The molecule has 1 fully saturated rings. The molecule has 2 heterocycles. The number of methoxy groups -OCH3 is 1. The number of fused-ring (bicyclic) bond motifs is 1. The second-order valence-corrected chi connectivity index (χ2v) is 10.4. The topological polar surface area (TPSA) is 84.7 Å². The summed E-state index contributed by atoms with van der Waals surface area (Å²) in [4.78, 5) is 20.0. The highest BCUT2D eigenvalue weighted by molar-refractivity contribution is 7.89. The quantitative estimate of drug-likeness (QED) is 0.551. The molecule has 1 saturated heterocycles. The zero-order chi connectivity index (χ0) is 23.8. The van der Waals surface area contributed by atoms with Crippen LogP contribution in [-0.4, -0.2) is 60.5 Å². The van der Waals surface area contributed by atoms with E-state index < -0.39 is 10.0 Å². The van der Waals surface area contributed by atoms with Crippen LogP contribution in [0.1, 0.15) is 31.6 Å². The van der Waals surface area contributed by atoms with E-state index in [-0.39, 0.29) is 22.5 Å². The van der Waals surface area contributed by atoms with E-state index in [1.165, 1.54) is 0 Å². The normalized spacial score (nSPS) is 16.9. The minimum absolute atomic E-state index is 0.0590. The molecule has 0 N–H and O–H groups in total. The van der Waals surface area contributed by atoms with Gasteiger partial charge in [0.25, 0.3) is 5.56 Å². The van der Waals surface area contributed by atoms with Crippen molar-refractivity contribution in [2.75, 3.05) is 27.2 Å². The molecule has 9 heteroatoms. The molecule has 0 amide bonds. The molecule has 176 valence electrons. The average Bonchev–Trinajstić information content (AvgIpc) is 2.85. The lowest BCUT2D eigenvalue weighted by Gasteiger charge is -2.39. The number of aromatic nitrogens is 2. The lowest BCUT2D eigenvalue weighted by molar-refractivity contribution is 0.125. The molecular formula is C24H30N4O4S. The number of sulfonamides is 1. The van der Waals surface area contributed by atoms with Gasteiger partial charge in [-0.3, -0.25) is 14.3 Å². The summed E-state index contributed by atoms with van der Waals surface area (Å²) in [7, 11) is 1.78. The van der Waals surface area contributed by atoms with Gasteiger partial charge in [-0.25, -0.2) is 13.4 Å². The molecule has 0 bridgehead atoms. The van der Waals surface area contributed by atoms with Crippen molar-refractivity contribution >= 4 is 20.9 Å². The molecule has 4 rings (SSSR count). The Bertz CT molecular complexity index is 1300. The molecular weight excluding hydrogens is 440 g/mol. The molecule has 0 saturated carbocycles. The van der Waals surface area contributed by atoms with Gasteiger partial charge >= 0.3 is 0 Å². The molecule has 0 spiro atoms. The van der Waals surface area contributed by atoms with Crippen LogP contribution in [-0.2, 0) is 17.1 Å². The summed E-state index contributed by atoms with van der Waals surface area (Å²) in [6.07, 6.45) is 1.41. The van der Waals surface area contributed by atoms with Gasteiger partial charge < -0.3 is 4.74 Å². The van der Waals surface area contributed by atoms with Gasteiger partial charge in [0.2, 0.25) is 10.0 Å². The summed E-state index contributed by atoms with van der Waals surface area (Å²) in [5.41, 5.74) is 0.632. The molecule has 1 aliphatic heterocycles. The van der Waals surface area contributed by atoms with Crippen molar-refractivity contribution in [1.82, 2.24) is 18.8 Å². The highest BCUT2D eigenvalue weighted by Gasteiger charge is 2.33. The van der Waals surface area contributed by atoms with Crippen molar-refractivity contribution in [3.05, 3.63) is 64.7 Å². The van der Waals surface area contributed by atoms with E-state index in [4.69, 9.17) is 9.72 Å². The number of rotatable bonds is 6. The van der Waals surface area contributed by atoms with Gasteiger partial charge in [-0.05, 0) is 63.2 Å². The molecule has 1 atom stereocenters. The number of para-hydroxylation sites is 1. The van der Waals surface area contributed by atoms with Crippen LogP contribution in [0.15, 0.2) is 58.2 Å². The maximum atomic E-state index is 13.0. The van der Waals surface area contributed by atoms with Crippen LogP contribution >= 0.6 is 0 Å². The number of benzene rings is 2. The Kier molecular flexibility index (Phi) is 6.56. The fourth-order valence-corrected chi connectivity index (χ4v) is 5.96. The Morgan fingerprint density at radius 2 is 1.73 bits per heavy atom.